The van der Waals surface area contributed by atoms with Gasteiger partial charge in [0.1, 0.15) is 24.2 Å². The zero-order valence-corrected chi connectivity index (χ0v) is 50.3. The van der Waals surface area contributed by atoms with Crippen LogP contribution in [0.4, 0.5) is 0 Å². The highest BCUT2D eigenvalue weighted by atomic mass is 32.2. The van der Waals surface area contributed by atoms with Crippen molar-refractivity contribution in [2.75, 3.05) is 38.7 Å². The predicted octanol–water partition coefficient (Wildman–Crippen LogP) is 6.29. The number of nitrogens with one attached hydrogen (secondary N) is 8. The Hall–Kier alpha value is -6.48. The summed E-state index contributed by atoms with van der Waals surface area (Å²) in [5, 5.41) is 26.3. The third-order valence-electron chi connectivity index (χ3n) is 18.4. The summed E-state index contributed by atoms with van der Waals surface area (Å²) in [5.74, 6) is -1.15. The third-order valence-corrected chi connectivity index (χ3v) is 20.6. The van der Waals surface area contributed by atoms with Crippen molar-refractivity contribution in [1.82, 2.24) is 52.3 Å². The van der Waals surface area contributed by atoms with E-state index in [1.807, 2.05) is 36.4 Å². The van der Waals surface area contributed by atoms with Gasteiger partial charge in [-0.25, -0.2) is 0 Å². The van der Waals surface area contributed by atoms with E-state index in [4.69, 9.17) is 0 Å². The van der Waals surface area contributed by atoms with Gasteiger partial charge in [-0.15, -0.1) is 23.5 Å². The van der Waals surface area contributed by atoms with Gasteiger partial charge in [-0.1, -0.05) is 87.1 Å². The lowest BCUT2D eigenvalue weighted by Crippen LogP contribution is -2.58. The van der Waals surface area contributed by atoms with E-state index >= 15 is 0 Å². The molecule has 4 aliphatic heterocycles. The van der Waals surface area contributed by atoms with Crippen LogP contribution in [-0.2, 0) is 28.8 Å². The molecule has 8 N–H and O–H groups in total. The summed E-state index contributed by atoms with van der Waals surface area (Å²) in [6, 6.07) is 20.3. The summed E-state index contributed by atoms with van der Waals surface area (Å²) in [6.07, 6.45) is 10.8. The number of benzene rings is 4. The minimum atomic E-state index is -0.899. The maximum absolute atomic E-state index is 15.0. The average Bonchev–Trinajstić information content (AvgIpc) is 4.34. The first kappa shape index (κ1) is 60.6. The minimum Gasteiger partial charge on any atom is -0.347 e. The van der Waals surface area contributed by atoms with E-state index in [2.05, 4.69) is 54.7 Å². The van der Waals surface area contributed by atoms with Gasteiger partial charge in [0.25, 0.3) is 11.8 Å². The number of likely N-dealkylation sites (N-methyl/N-ethyl adjacent to an activating group) is 2. The van der Waals surface area contributed by atoms with Crippen molar-refractivity contribution in [3.05, 3.63) is 107 Å². The predicted molar refractivity (Wildman–Crippen MR) is 326 cm³/mol. The zero-order chi connectivity index (χ0) is 59.0. The highest BCUT2D eigenvalue weighted by Crippen LogP contribution is 2.39. The van der Waals surface area contributed by atoms with Gasteiger partial charge in [0.2, 0.25) is 35.4 Å². The SMILES string of the molecule is CN[C@@H](C)C(=O)N[C@H](C(=O)N1C[C@@H](NC(=O)c2ccc3cc(C(=O)N[C@H]4C[C@@H](C(=O)N[C@@H]5CCSc6ccccc65)N(C(=O)[C@@H](NC(=O)[C@H](C)NC)C5CCCCC5)C4)ccc3c2)C[C@H]1C(=O)N[C@@H]1CCSc2ccccc21)C1CCCCC1. The summed E-state index contributed by atoms with van der Waals surface area (Å²) in [6.45, 7) is 3.64. The Labute approximate surface area is 501 Å². The molecule has 2 saturated heterocycles. The van der Waals surface area contributed by atoms with E-state index in [0.717, 1.165) is 109 Å². The molecular formula is C64H82N10O8S2. The lowest BCUT2D eigenvalue weighted by molar-refractivity contribution is -0.143. The molecule has 20 heteroatoms. The second-order valence-corrected chi connectivity index (χ2v) is 26.1. The Morgan fingerprint density at radius 2 is 0.881 bits per heavy atom. The molecule has 10 atom stereocenters. The molecule has 18 nitrogen and oxygen atoms in total. The number of hydrogen-bond donors (Lipinski definition) is 8. The van der Waals surface area contributed by atoms with Crippen LogP contribution in [0.5, 0.6) is 0 Å². The molecule has 0 radical (unpaired) electrons. The molecule has 0 spiro atoms. The molecule has 4 aromatic carbocycles. The van der Waals surface area contributed by atoms with Crippen LogP contribution < -0.4 is 42.5 Å². The van der Waals surface area contributed by atoms with Gasteiger partial charge < -0.3 is 52.3 Å². The molecule has 4 heterocycles. The smallest absolute Gasteiger partial charge is 0.251 e. The van der Waals surface area contributed by atoms with Crippen molar-refractivity contribution < 1.29 is 38.4 Å². The zero-order valence-electron chi connectivity index (χ0n) is 48.7. The number of thioether (sulfide) groups is 2. The van der Waals surface area contributed by atoms with E-state index in [1.54, 1.807) is 97.7 Å². The summed E-state index contributed by atoms with van der Waals surface area (Å²) in [7, 11) is 3.39. The first-order valence-corrected chi connectivity index (χ1v) is 32.4. The molecule has 0 unspecified atom stereocenters. The number of carbonyl (C=O) groups is 8. The van der Waals surface area contributed by atoms with Gasteiger partial charge in [0, 0.05) is 57.6 Å². The topological polar surface area (TPSA) is 239 Å². The monoisotopic (exact) mass is 1180 g/mol. The molecule has 6 aliphatic rings. The lowest BCUT2D eigenvalue weighted by Gasteiger charge is -2.35. The van der Waals surface area contributed by atoms with Crippen LogP contribution in [0.25, 0.3) is 10.8 Å². The second kappa shape index (κ2) is 27.7. The molecule has 0 aromatic heterocycles. The van der Waals surface area contributed by atoms with Crippen LogP contribution in [-0.4, -0.2) is 144 Å². The Morgan fingerprint density at radius 3 is 1.27 bits per heavy atom. The van der Waals surface area contributed by atoms with Crippen molar-refractivity contribution >= 4 is 81.6 Å². The summed E-state index contributed by atoms with van der Waals surface area (Å²) in [4.78, 5) is 120. The van der Waals surface area contributed by atoms with Gasteiger partial charge in [-0.2, -0.15) is 0 Å². The van der Waals surface area contributed by atoms with Crippen molar-refractivity contribution in [2.45, 2.75) is 174 Å². The maximum Gasteiger partial charge on any atom is 0.251 e. The second-order valence-electron chi connectivity index (χ2n) is 23.9. The Kier molecular flexibility index (Phi) is 20.0. The lowest BCUT2D eigenvalue weighted by atomic mass is 9.83. The van der Waals surface area contributed by atoms with Crippen molar-refractivity contribution in [1.29, 1.82) is 0 Å². The number of nitrogens with zero attached hydrogens (tertiary/aromatic N) is 2. The van der Waals surface area contributed by atoms with Crippen molar-refractivity contribution in [3.63, 3.8) is 0 Å². The van der Waals surface area contributed by atoms with Crippen LogP contribution in [0, 0.1) is 11.8 Å². The van der Waals surface area contributed by atoms with E-state index in [1.165, 1.54) is 0 Å². The highest BCUT2D eigenvalue weighted by molar-refractivity contribution is 7.99. The fourth-order valence-corrected chi connectivity index (χ4v) is 15.6. The Bertz CT molecular complexity index is 2890. The maximum atomic E-state index is 15.0. The van der Waals surface area contributed by atoms with Crippen molar-refractivity contribution in [3.8, 4) is 0 Å². The van der Waals surface area contributed by atoms with Gasteiger partial charge in [-0.05, 0) is 149 Å². The molecular weight excluding hydrogens is 1100 g/mol. The van der Waals surface area contributed by atoms with E-state index in [-0.39, 0.29) is 97.1 Å². The first-order valence-electron chi connectivity index (χ1n) is 30.4. The fourth-order valence-electron chi connectivity index (χ4n) is 13.3. The molecule has 448 valence electrons. The Morgan fingerprint density at radius 1 is 0.488 bits per heavy atom. The molecule has 8 amide bonds. The van der Waals surface area contributed by atoms with Crippen LogP contribution in [0.2, 0.25) is 0 Å². The van der Waals surface area contributed by atoms with Gasteiger partial charge in [0.05, 0.1) is 24.2 Å². The largest absolute Gasteiger partial charge is 0.347 e. The summed E-state index contributed by atoms with van der Waals surface area (Å²) < 4.78 is 0. The first-order chi connectivity index (χ1) is 40.7. The molecule has 10 rings (SSSR count). The standard InChI is InChI=1S/C64H82N10O8S2/c1-37(65-3)57(75)71-55(39-15-7-5-8-16-39)63(81)73-35-45(33-51(73)61(79)69-49-27-29-83-53-21-13-11-19-47(49)53)67-59(77)43-25-23-42-32-44(26-24-41(42)31-43)60(78)68-46-34-52(62(80)70-50-28-30-84-54-22-14-12-20-48(50)54)74(36-46)64(82)56(40-17-9-6-10-18-40)72-58(76)38(2)66-4/h11-14,19-26,31-32,37-40,45-46,49-52,55-56,65-66H,5-10,15-18,27-30,33-36H2,1-4H3,(H,67,77)(H,68,78)(H,69,79)(H,70,80)(H,71,75)(H,72,76)/t37-,38-,45-,46-,49+,50+,51-,52-,55-,56-/m0/s1. The average molecular weight is 1180 g/mol. The number of fused-ring (bicyclic) bond motifs is 3. The number of carbonyl (C=O) groups excluding carboxylic acids is 8. The minimum absolute atomic E-state index is 0.0761. The molecule has 0 bridgehead atoms. The van der Waals surface area contributed by atoms with Crippen molar-refractivity contribution in [2.24, 2.45) is 11.8 Å². The van der Waals surface area contributed by atoms with Crippen LogP contribution in [0.3, 0.4) is 0 Å². The van der Waals surface area contributed by atoms with E-state index in [0.29, 0.717) is 21.9 Å². The normalized spacial score (nSPS) is 24.1. The molecule has 84 heavy (non-hydrogen) atoms. The number of hydrogen-bond acceptors (Lipinski definition) is 12. The van der Waals surface area contributed by atoms with E-state index in [9.17, 15) is 38.4 Å². The van der Waals surface area contributed by atoms with Crippen LogP contribution in [0.15, 0.2) is 94.7 Å². The van der Waals surface area contributed by atoms with E-state index < -0.39 is 48.3 Å². The fraction of sp³-hybridized carbons (Fsp3) is 0.531. The van der Waals surface area contributed by atoms with Gasteiger partial charge in [0.15, 0.2) is 0 Å². The van der Waals surface area contributed by atoms with Gasteiger partial charge >= 0.3 is 0 Å². The molecule has 2 saturated carbocycles. The molecule has 2 aliphatic carbocycles. The molecule has 4 fully saturated rings. The summed E-state index contributed by atoms with van der Waals surface area (Å²) in [5.41, 5.74) is 2.78. The highest BCUT2D eigenvalue weighted by Gasteiger charge is 2.47. The Balaban J connectivity index is 0.842. The van der Waals surface area contributed by atoms with Gasteiger partial charge in [-0.3, -0.25) is 38.4 Å². The number of likely N-dealkylation sites (tertiary alicyclic amines) is 2. The quantitative estimate of drug-likeness (QED) is 0.0549. The number of rotatable bonds is 18. The number of amides is 8. The van der Waals surface area contributed by atoms with Crippen LogP contribution >= 0.6 is 23.5 Å². The third kappa shape index (κ3) is 13.9. The summed E-state index contributed by atoms with van der Waals surface area (Å²) >= 11 is 3.50. The van der Waals surface area contributed by atoms with Crippen LogP contribution in [0.1, 0.15) is 148 Å². The molecule has 4 aromatic rings.